The van der Waals surface area contributed by atoms with E-state index in [0.717, 1.165) is 22.4 Å². The molecule has 28 heavy (non-hydrogen) atoms. The van der Waals surface area contributed by atoms with Gasteiger partial charge >= 0.3 is 0 Å². The number of thioether (sulfide) groups is 1. The summed E-state index contributed by atoms with van der Waals surface area (Å²) in [5, 5.41) is 10.4. The van der Waals surface area contributed by atoms with Crippen molar-refractivity contribution >= 4 is 11.8 Å². The highest BCUT2D eigenvalue weighted by Gasteiger charge is 2.17. The first-order valence-electron chi connectivity index (χ1n) is 8.51. The molecule has 142 valence electrons. The second-order valence-electron chi connectivity index (χ2n) is 5.85. The molecule has 6 heteroatoms. The van der Waals surface area contributed by atoms with Crippen LogP contribution in [0.25, 0.3) is 22.4 Å². The number of pyridine rings is 1. The molecular weight excluding hydrogens is 372 g/mol. The van der Waals surface area contributed by atoms with E-state index >= 15 is 0 Å². The van der Waals surface area contributed by atoms with Crippen molar-refractivity contribution in [3.8, 4) is 45.7 Å². The number of hydrogen-bond acceptors (Lipinski definition) is 6. The quantitative estimate of drug-likeness (QED) is 0.548. The molecule has 0 saturated carbocycles. The third kappa shape index (κ3) is 3.75. The van der Waals surface area contributed by atoms with E-state index in [-0.39, 0.29) is 0 Å². The highest BCUT2D eigenvalue weighted by molar-refractivity contribution is 7.98. The van der Waals surface area contributed by atoms with E-state index in [1.54, 1.807) is 21.3 Å². The predicted molar refractivity (Wildman–Crippen MR) is 111 cm³/mol. The third-order valence-electron chi connectivity index (χ3n) is 4.38. The van der Waals surface area contributed by atoms with Gasteiger partial charge in [0, 0.05) is 11.1 Å². The zero-order chi connectivity index (χ0) is 20.1. The van der Waals surface area contributed by atoms with E-state index in [1.165, 1.54) is 11.8 Å². The van der Waals surface area contributed by atoms with Crippen molar-refractivity contribution in [3.63, 3.8) is 0 Å². The third-order valence-corrected chi connectivity index (χ3v) is 5.06. The average molecular weight is 392 g/mol. The van der Waals surface area contributed by atoms with Gasteiger partial charge in [-0.15, -0.1) is 11.8 Å². The summed E-state index contributed by atoms with van der Waals surface area (Å²) in [4.78, 5) is 4.72. The number of methoxy groups -OCH3 is 3. The molecule has 0 saturated heterocycles. The molecule has 0 aliphatic heterocycles. The van der Waals surface area contributed by atoms with Gasteiger partial charge in [-0.3, -0.25) is 0 Å². The van der Waals surface area contributed by atoms with Crippen LogP contribution in [-0.4, -0.2) is 32.6 Å². The van der Waals surface area contributed by atoms with Crippen LogP contribution < -0.4 is 14.2 Å². The van der Waals surface area contributed by atoms with Crippen LogP contribution in [-0.2, 0) is 0 Å². The summed E-state index contributed by atoms with van der Waals surface area (Å²) < 4.78 is 16.1. The fraction of sp³-hybridized carbons (Fsp3) is 0.182. The lowest BCUT2D eigenvalue weighted by atomic mass is 9.98. The Morgan fingerprint density at radius 1 is 0.857 bits per heavy atom. The second kappa shape index (κ2) is 8.68. The second-order valence-corrected chi connectivity index (χ2v) is 6.64. The standard InChI is InChI=1S/C22H20N2O3S/c1-25-15-7-5-14(6-8-15)17-12-20(24-22(28-4)19(17)13-23)18-11-16(26-2)9-10-21(18)27-3/h5-12H,1-4H3. The Balaban J connectivity index is 2.26. The monoisotopic (exact) mass is 392 g/mol. The van der Waals surface area contributed by atoms with Gasteiger partial charge in [-0.25, -0.2) is 4.98 Å². The van der Waals surface area contributed by atoms with Gasteiger partial charge < -0.3 is 14.2 Å². The largest absolute Gasteiger partial charge is 0.497 e. The van der Waals surface area contributed by atoms with Crippen LogP contribution in [0.3, 0.4) is 0 Å². The van der Waals surface area contributed by atoms with Gasteiger partial charge in [-0.2, -0.15) is 5.26 Å². The first kappa shape index (κ1) is 19.6. The van der Waals surface area contributed by atoms with Crippen molar-refractivity contribution in [1.29, 1.82) is 5.26 Å². The van der Waals surface area contributed by atoms with Crippen molar-refractivity contribution in [2.75, 3.05) is 27.6 Å². The first-order chi connectivity index (χ1) is 13.6. The molecule has 0 amide bonds. The van der Waals surface area contributed by atoms with Gasteiger partial charge in [-0.05, 0) is 48.2 Å². The number of benzene rings is 2. The molecular formula is C22H20N2O3S. The first-order valence-corrected chi connectivity index (χ1v) is 9.73. The van der Waals surface area contributed by atoms with E-state index in [1.807, 2.05) is 54.8 Å². The molecule has 0 N–H and O–H groups in total. The van der Waals surface area contributed by atoms with Crippen molar-refractivity contribution in [2.24, 2.45) is 0 Å². The van der Waals surface area contributed by atoms with Gasteiger partial charge in [0.05, 0.1) is 32.6 Å². The molecule has 0 aliphatic carbocycles. The minimum Gasteiger partial charge on any atom is -0.497 e. The Hall–Kier alpha value is -3.17. The van der Waals surface area contributed by atoms with Crippen molar-refractivity contribution in [1.82, 2.24) is 4.98 Å². The number of ether oxygens (including phenoxy) is 3. The fourth-order valence-corrected chi connectivity index (χ4v) is 3.48. The van der Waals surface area contributed by atoms with Gasteiger partial charge in [-0.1, -0.05) is 12.1 Å². The molecule has 1 aromatic heterocycles. The molecule has 3 rings (SSSR count). The highest BCUT2D eigenvalue weighted by Crippen LogP contribution is 2.38. The predicted octanol–water partition coefficient (Wildman–Crippen LogP) is 5.03. The molecule has 0 unspecified atom stereocenters. The lowest BCUT2D eigenvalue weighted by molar-refractivity contribution is 0.404. The molecule has 0 radical (unpaired) electrons. The van der Waals surface area contributed by atoms with Crippen LogP contribution >= 0.6 is 11.8 Å². The summed E-state index contributed by atoms with van der Waals surface area (Å²) in [7, 11) is 4.86. The summed E-state index contributed by atoms with van der Waals surface area (Å²) in [5.74, 6) is 2.15. The van der Waals surface area contributed by atoms with Crippen molar-refractivity contribution < 1.29 is 14.2 Å². The lowest BCUT2D eigenvalue weighted by Gasteiger charge is -2.14. The number of hydrogen-bond donors (Lipinski definition) is 0. The Kier molecular flexibility index (Phi) is 6.07. The highest BCUT2D eigenvalue weighted by atomic mass is 32.2. The van der Waals surface area contributed by atoms with Crippen LogP contribution in [0.4, 0.5) is 0 Å². The Labute approximate surface area is 168 Å². The van der Waals surface area contributed by atoms with E-state index in [0.29, 0.717) is 27.8 Å². The summed E-state index contributed by atoms with van der Waals surface area (Å²) in [6, 6.07) is 17.4. The zero-order valence-electron chi connectivity index (χ0n) is 16.1. The maximum atomic E-state index is 9.76. The SMILES string of the molecule is COc1ccc(-c2cc(-c3cc(OC)ccc3OC)nc(SC)c2C#N)cc1. The van der Waals surface area contributed by atoms with Crippen LogP contribution in [0.2, 0.25) is 0 Å². The Bertz CT molecular complexity index is 1030. The smallest absolute Gasteiger partial charge is 0.128 e. The van der Waals surface area contributed by atoms with E-state index < -0.39 is 0 Å². The topological polar surface area (TPSA) is 64.4 Å². The van der Waals surface area contributed by atoms with E-state index in [9.17, 15) is 5.26 Å². The molecule has 0 atom stereocenters. The lowest BCUT2D eigenvalue weighted by Crippen LogP contribution is -1.97. The zero-order valence-corrected chi connectivity index (χ0v) is 17.0. The minimum absolute atomic E-state index is 0.545. The maximum Gasteiger partial charge on any atom is 0.128 e. The summed E-state index contributed by atoms with van der Waals surface area (Å²) in [5.41, 5.74) is 3.78. The van der Waals surface area contributed by atoms with Crippen LogP contribution in [0.15, 0.2) is 53.6 Å². The van der Waals surface area contributed by atoms with Gasteiger partial charge in [0.25, 0.3) is 0 Å². The number of aromatic nitrogens is 1. The number of rotatable bonds is 6. The molecule has 0 spiro atoms. The van der Waals surface area contributed by atoms with Crippen molar-refractivity contribution in [2.45, 2.75) is 5.03 Å². The molecule has 0 bridgehead atoms. The van der Waals surface area contributed by atoms with Crippen LogP contribution in [0.5, 0.6) is 17.2 Å². The number of nitriles is 1. The van der Waals surface area contributed by atoms with Crippen LogP contribution in [0.1, 0.15) is 5.56 Å². The van der Waals surface area contributed by atoms with E-state index in [2.05, 4.69) is 6.07 Å². The summed E-state index contributed by atoms with van der Waals surface area (Å²) in [6.45, 7) is 0. The maximum absolute atomic E-state index is 9.76. The molecule has 5 nitrogen and oxygen atoms in total. The molecule has 2 aromatic carbocycles. The fourth-order valence-electron chi connectivity index (χ4n) is 2.93. The Morgan fingerprint density at radius 2 is 1.54 bits per heavy atom. The van der Waals surface area contributed by atoms with E-state index in [4.69, 9.17) is 19.2 Å². The minimum atomic E-state index is 0.545. The van der Waals surface area contributed by atoms with Gasteiger partial charge in [0.15, 0.2) is 0 Å². The van der Waals surface area contributed by atoms with Gasteiger partial charge in [0.1, 0.15) is 28.3 Å². The van der Waals surface area contributed by atoms with Gasteiger partial charge in [0.2, 0.25) is 0 Å². The van der Waals surface area contributed by atoms with Crippen LogP contribution in [0, 0.1) is 11.3 Å². The summed E-state index contributed by atoms with van der Waals surface area (Å²) >= 11 is 1.44. The number of nitrogens with zero attached hydrogens (tertiary/aromatic N) is 2. The molecule has 1 heterocycles. The molecule has 0 aliphatic rings. The Morgan fingerprint density at radius 3 is 2.11 bits per heavy atom. The normalized spacial score (nSPS) is 10.2. The molecule has 0 fully saturated rings. The van der Waals surface area contributed by atoms with Crippen molar-refractivity contribution in [3.05, 3.63) is 54.1 Å². The average Bonchev–Trinajstić information content (AvgIpc) is 2.77. The molecule has 3 aromatic rings. The summed E-state index contributed by atoms with van der Waals surface area (Å²) in [6.07, 6.45) is 1.91.